The Hall–Kier alpha value is -4.15. The van der Waals surface area contributed by atoms with E-state index in [0.717, 1.165) is 28.2 Å². The fourth-order valence-electron chi connectivity index (χ4n) is 3.63. The van der Waals surface area contributed by atoms with E-state index >= 15 is 0 Å². The average Bonchev–Trinajstić information content (AvgIpc) is 3.32. The minimum atomic E-state index is -0.183. The Labute approximate surface area is 197 Å². The first-order chi connectivity index (χ1) is 16.2. The zero-order valence-corrected chi connectivity index (χ0v) is 18.4. The number of halogens is 1. The molecule has 1 amide bonds. The highest BCUT2D eigenvalue weighted by atomic mass is 35.5. The van der Waals surface area contributed by atoms with Gasteiger partial charge < -0.3 is 5.32 Å². The largest absolute Gasteiger partial charge is 0.322 e. The Morgan fingerprint density at radius 1 is 0.727 bits per heavy atom. The lowest BCUT2D eigenvalue weighted by Gasteiger charge is -2.09. The lowest BCUT2D eigenvalue weighted by Crippen LogP contribution is -2.12. The van der Waals surface area contributed by atoms with Crippen molar-refractivity contribution in [1.29, 1.82) is 0 Å². The first-order valence-electron chi connectivity index (χ1n) is 10.6. The molecule has 160 valence electrons. The number of carbonyl (C=O) groups is 1. The van der Waals surface area contributed by atoms with Crippen molar-refractivity contribution in [2.75, 3.05) is 5.32 Å². The first-order valence-corrected chi connectivity index (χ1v) is 10.9. The SMILES string of the molecule is O=C(Nc1ccc(Cl)cc1)c1ccc(-n2nc(-c3ccccc3)cc2-c2ccccc2)cc1. The predicted molar refractivity (Wildman–Crippen MR) is 134 cm³/mol. The molecule has 5 rings (SSSR count). The highest BCUT2D eigenvalue weighted by molar-refractivity contribution is 6.30. The maximum absolute atomic E-state index is 12.7. The van der Waals surface area contributed by atoms with Crippen molar-refractivity contribution in [2.45, 2.75) is 0 Å². The number of hydrogen-bond acceptors (Lipinski definition) is 2. The smallest absolute Gasteiger partial charge is 0.255 e. The lowest BCUT2D eigenvalue weighted by molar-refractivity contribution is 0.102. The van der Waals surface area contributed by atoms with Crippen LogP contribution in [0.15, 0.2) is 115 Å². The molecule has 5 aromatic rings. The van der Waals surface area contributed by atoms with Crippen LogP contribution in [-0.4, -0.2) is 15.7 Å². The molecular weight excluding hydrogens is 430 g/mol. The van der Waals surface area contributed by atoms with E-state index in [1.54, 1.807) is 36.4 Å². The summed E-state index contributed by atoms with van der Waals surface area (Å²) < 4.78 is 1.92. The Bertz CT molecular complexity index is 1380. The van der Waals surface area contributed by atoms with E-state index in [1.807, 2.05) is 65.3 Å². The van der Waals surface area contributed by atoms with Gasteiger partial charge in [-0.05, 0) is 54.6 Å². The van der Waals surface area contributed by atoms with Crippen molar-refractivity contribution >= 4 is 23.2 Å². The molecule has 0 spiro atoms. The first kappa shape index (κ1) is 20.7. The molecule has 0 atom stereocenters. The third kappa shape index (κ3) is 4.56. The van der Waals surface area contributed by atoms with Crippen LogP contribution >= 0.6 is 11.6 Å². The average molecular weight is 450 g/mol. The molecule has 5 heteroatoms. The van der Waals surface area contributed by atoms with Crippen LogP contribution in [0.3, 0.4) is 0 Å². The van der Waals surface area contributed by atoms with Gasteiger partial charge in [0.2, 0.25) is 0 Å². The van der Waals surface area contributed by atoms with Gasteiger partial charge in [-0.1, -0.05) is 72.3 Å². The van der Waals surface area contributed by atoms with Crippen LogP contribution in [0, 0.1) is 0 Å². The summed E-state index contributed by atoms with van der Waals surface area (Å²) in [6.45, 7) is 0. The van der Waals surface area contributed by atoms with Gasteiger partial charge in [-0.15, -0.1) is 0 Å². The zero-order chi connectivity index (χ0) is 22.6. The van der Waals surface area contributed by atoms with Gasteiger partial charge in [-0.2, -0.15) is 5.10 Å². The van der Waals surface area contributed by atoms with Crippen LogP contribution in [-0.2, 0) is 0 Å². The number of nitrogens with zero attached hydrogens (tertiary/aromatic N) is 2. The van der Waals surface area contributed by atoms with Gasteiger partial charge in [0.05, 0.1) is 17.1 Å². The third-order valence-electron chi connectivity index (χ3n) is 5.32. The molecule has 0 radical (unpaired) electrons. The molecule has 0 aliphatic heterocycles. The number of aromatic nitrogens is 2. The van der Waals surface area contributed by atoms with Crippen molar-refractivity contribution in [3.63, 3.8) is 0 Å². The Morgan fingerprint density at radius 2 is 1.33 bits per heavy atom. The summed E-state index contributed by atoms with van der Waals surface area (Å²) in [5, 5.41) is 8.39. The minimum absolute atomic E-state index is 0.183. The number of hydrogen-bond donors (Lipinski definition) is 1. The summed E-state index contributed by atoms with van der Waals surface area (Å²) >= 11 is 5.92. The Kier molecular flexibility index (Phi) is 5.75. The summed E-state index contributed by atoms with van der Waals surface area (Å²) in [4.78, 5) is 12.7. The molecule has 0 bridgehead atoms. The summed E-state index contributed by atoms with van der Waals surface area (Å²) in [6.07, 6.45) is 0. The van der Waals surface area contributed by atoms with E-state index in [4.69, 9.17) is 16.7 Å². The molecule has 0 saturated carbocycles. The van der Waals surface area contributed by atoms with Crippen molar-refractivity contribution in [3.8, 4) is 28.2 Å². The predicted octanol–water partition coefficient (Wildman–Crippen LogP) is 7.11. The minimum Gasteiger partial charge on any atom is -0.322 e. The fourth-order valence-corrected chi connectivity index (χ4v) is 3.76. The maximum Gasteiger partial charge on any atom is 0.255 e. The van der Waals surface area contributed by atoms with Crippen LogP contribution in [0.5, 0.6) is 0 Å². The van der Waals surface area contributed by atoms with E-state index in [2.05, 4.69) is 23.5 Å². The summed E-state index contributed by atoms with van der Waals surface area (Å²) in [7, 11) is 0. The Morgan fingerprint density at radius 3 is 1.97 bits per heavy atom. The van der Waals surface area contributed by atoms with Crippen LogP contribution in [0.2, 0.25) is 5.02 Å². The van der Waals surface area contributed by atoms with Crippen LogP contribution < -0.4 is 5.32 Å². The zero-order valence-electron chi connectivity index (χ0n) is 17.7. The van der Waals surface area contributed by atoms with Crippen molar-refractivity contribution in [2.24, 2.45) is 0 Å². The number of benzene rings is 4. The molecule has 1 heterocycles. The number of amides is 1. The second-order valence-electron chi connectivity index (χ2n) is 7.57. The van der Waals surface area contributed by atoms with Gasteiger partial charge >= 0.3 is 0 Å². The maximum atomic E-state index is 12.7. The molecule has 4 nitrogen and oxygen atoms in total. The molecule has 0 unspecified atom stereocenters. The van der Waals surface area contributed by atoms with E-state index in [1.165, 1.54) is 0 Å². The molecule has 1 N–H and O–H groups in total. The van der Waals surface area contributed by atoms with Crippen LogP contribution in [0.4, 0.5) is 5.69 Å². The second-order valence-corrected chi connectivity index (χ2v) is 8.00. The normalized spacial score (nSPS) is 10.7. The highest BCUT2D eigenvalue weighted by Gasteiger charge is 2.14. The molecule has 0 aliphatic carbocycles. The monoisotopic (exact) mass is 449 g/mol. The molecule has 0 fully saturated rings. The van der Waals surface area contributed by atoms with Gasteiger partial charge in [-0.3, -0.25) is 4.79 Å². The van der Waals surface area contributed by atoms with E-state index in [-0.39, 0.29) is 5.91 Å². The van der Waals surface area contributed by atoms with Gasteiger partial charge in [0, 0.05) is 27.4 Å². The topological polar surface area (TPSA) is 46.9 Å². The molecule has 4 aromatic carbocycles. The van der Waals surface area contributed by atoms with Gasteiger partial charge in [-0.25, -0.2) is 4.68 Å². The van der Waals surface area contributed by atoms with E-state index < -0.39 is 0 Å². The third-order valence-corrected chi connectivity index (χ3v) is 5.58. The van der Waals surface area contributed by atoms with Crippen molar-refractivity contribution < 1.29 is 4.79 Å². The molecule has 0 aliphatic rings. The van der Waals surface area contributed by atoms with Crippen LogP contribution in [0.1, 0.15) is 10.4 Å². The van der Waals surface area contributed by atoms with Gasteiger partial charge in [0.15, 0.2) is 0 Å². The number of rotatable bonds is 5. The number of carbonyl (C=O) groups excluding carboxylic acids is 1. The number of anilines is 1. The standard InChI is InChI=1S/C28H20ClN3O/c29-23-13-15-24(16-14-23)30-28(33)22-11-17-25(18-12-22)32-27(21-9-5-2-6-10-21)19-26(31-32)20-7-3-1-4-8-20/h1-19H,(H,30,33). The van der Waals surface area contributed by atoms with Gasteiger partial charge in [0.1, 0.15) is 0 Å². The highest BCUT2D eigenvalue weighted by Crippen LogP contribution is 2.29. The molecule has 0 saturated heterocycles. The molecular formula is C28H20ClN3O. The van der Waals surface area contributed by atoms with Crippen LogP contribution in [0.25, 0.3) is 28.2 Å². The molecule has 1 aromatic heterocycles. The van der Waals surface area contributed by atoms with Crippen molar-refractivity contribution in [3.05, 3.63) is 126 Å². The summed E-state index contributed by atoms with van der Waals surface area (Å²) in [5.74, 6) is -0.183. The second kappa shape index (κ2) is 9.15. The molecule has 33 heavy (non-hydrogen) atoms. The van der Waals surface area contributed by atoms with Gasteiger partial charge in [0.25, 0.3) is 5.91 Å². The van der Waals surface area contributed by atoms with E-state index in [9.17, 15) is 4.79 Å². The van der Waals surface area contributed by atoms with E-state index in [0.29, 0.717) is 16.3 Å². The quantitative estimate of drug-likeness (QED) is 0.310. The summed E-state index contributed by atoms with van der Waals surface area (Å²) in [6, 6.07) is 36.8. The van der Waals surface area contributed by atoms with Crippen molar-refractivity contribution in [1.82, 2.24) is 9.78 Å². The Balaban J connectivity index is 1.47. The lowest BCUT2D eigenvalue weighted by atomic mass is 10.1. The summed E-state index contributed by atoms with van der Waals surface area (Å²) in [5.41, 5.74) is 6.11. The fraction of sp³-hybridized carbons (Fsp3) is 0. The number of nitrogens with one attached hydrogen (secondary N) is 1.